The molecule has 104 valence electrons. The summed E-state index contributed by atoms with van der Waals surface area (Å²) in [6.07, 6.45) is 3.98. The number of carbonyl (C=O) groups is 1. The first kappa shape index (κ1) is 14.2. The van der Waals surface area contributed by atoms with Crippen molar-refractivity contribution >= 4 is 17.7 Å². The minimum absolute atomic E-state index is 0.00700. The first-order valence-corrected chi connectivity index (χ1v) is 8.25. The molecule has 2 rings (SSSR count). The molecule has 2 aliphatic rings. The van der Waals surface area contributed by atoms with Gasteiger partial charge in [-0.3, -0.25) is 4.79 Å². The Kier molecular flexibility index (Phi) is 5.79. The highest BCUT2D eigenvalue weighted by atomic mass is 32.2. The predicted octanol–water partition coefficient (Wildman–Crippen LogP) is 0.682. The van der Waals surface area contributed by atoms with Crippen molar-refractivity contribution < 1.29 is 4.79 Å². The van der Waals surface area contributed by atoms with Gasteiger partial charge in [-0.2, -0.15) is 11.8 Å². The van der Waals surface area contributed by atoms with Gasteiger partial charge >= 0.3 is 0 Å². The van der Waals surface area contributed by atoms with Crippen LogP contribution in [-0.2, 0) is 4.79 Å². The average molecular weight is 271 g/mol. The molecule has 2 heterocycles. The third kappa shape index (κ3) is 4.44. The molecule has 2 aliphatic heterocycles. The monoisotopic (exact) mass is 271 g/mol. The number of likely N-dealkylation sites (tertiary alicyclic amines) is 1. The first-order chi connectivity index (χ1) is 8.75. The molecular formula is C13H25N3OS. The zero-order valence-electron chi connectivity index (χ0n) is 11.3. The van der Waals surface area contributed by atoms with E-state index >= 15 is 0 Å². The lowest BCUT2D eigenvalue weighted by atomic mass is 10.1. The number of thioether (sulfide) groups is 1. The molecule has 2 N–H and O–H groups in total. The van der Waals surface area contributed by atoms with E-state index in [0.717, 1.165) is 24.6 Å². The van der Waals surface area contributed by atoms with Gasteiger partial charge in [0.15, 0.2) is 0 Å². The standard InChI is InChI=1S/C13H25N3OS/c1-11(9-16-6-3-2-4-7-16)15-13(17)12-10-18-8-5-14-12/h11-12,14H,2-10H2,1H3,(H,15,17). The third-order valence-corrected chi connectivity index (χ3v) is 4.67. The molecule has 2 saturated heterocycles. The van der Waals surface area contributed by atoms with Crippen LogP contribution in [0.3, 0.4) is 0 Å². The minimum Gasteiger partial charge on any atom is -0.351 e. The molecule has 0 saturated carbocycles. The maximum absolute atomic E-state index is 12.0. The molecule has 0 aliphatic carbocycles. The smallest absolute Gasteiger partial charge is 0.238 e. The van der Waals surface area contributed by atoms with Crippen LogP contribution in [0.4, 0.5) is 0 Å². The second kappa shape index (κ2) is 7.36. The normalized spacial score (nSPS) is 27.7. The largest absolute Gasteiger partial charge is 0.351 e. The summed E-state index contributed by atoms with van der Waals surface area (Å²) in [5.41, 5.74) is 0. The van der Waals surface area contributed by atoms with Gasteiger partial charge in [0.2, 0.25) is 5.91 Å². The van der Waals surface area contributed by atoms with Crippen molar-refractivity contribution in [3.8, 4) is 0 Å². The van der Waals surface area contributed by atoms with Crippen molar-refractivity contribution in [1.82, 2.24) is 15.5 Å². The Morgan fingerprint density at radius 1 is 1.44 bits per heavy atom. The fourth-order valence-electron chi connectivity index (χ4n) is 2.65. The summed E-state index contributed by atoms with van der Waals surface area (Å²) in [4.78, 5) is 14.5. The Labute approximate surface area is 114 Å². The van der Waals surface area contributed by atoms with Gasteiger partial charge in [0.25, 0.3) is 0 Å². The van der Waals surface area contributed by atoms with Crippen LogP contribution in [-0.4, -0.2) is 60.6 Å². The van der Waals surface area contributed by atoms with E-state index in [-0.39, 0.29) is 18.0 Å². The van der Waals surface area contributed by atoms with Crippen molar-refractivity contribution in [3.63, 3.8) is 0 Å². The molecule has 0 aromatic heterocycles. The Morgan fingerprint density at radius 2 is 2.22 bits per heavy atom. The number of rotatable bonds is 4. The van der Waals surface area contributed by atoms with Crippen LogP contribution in [0.25, 0.3) is 0 Å². The van der Waals surface area contributed by atoms with Gasteiger partial charge < -0.3 is 15.5 Å². The van der Waals surface area contributed by atoms with E-state index in [2.05, 4.69) is 22.5 Å². The molecule has 0 radical (unpaired) electrons. The van der Waals surface area contributed by atoms with E-state index in [4.69, 9.17) is 0 Å². The second-order valence-electron chi connectivity index (χ2n) is 5.35. The molecule has 4 nitrogen and oxygen atoms in total. The van der Waals surface area contributed by atoms with Crippen LogP contribution in [0.5, 0.6) is 0 Å². The zero-order chi connectivity index (χ0) is 12.8. The van der Waals surface area contributed by atoms with Gasteiger partial charge in [-0.1, -0.05) is 6.42 Å². The molecule has 5 heteroatoms. The van der Waals surface area contributed by atoms with E-state index in [1.54, 1.807) is 0 Å². The topological polar surface area (TPSA) is 44.4 Å². The Balaban J connectivity index is 1.68. The molecule has 0 bridgehead atoms. The van der Waals surface area contributed by atoms with Gasteiger partial charge in [0, 0.05) is 30.6 Å². The van der Waals surface area contributed by atoms with Gasteiger partial charge in [-0.25, -0.2) is 0 Å². The predicted molar refractivity (Wildman–Crippen MR) is 77.0 cm³/mol. The molecule has 2 unspecified atom stereocenters. The lowest BCUT2D eigenvalue weighted by molar-refractivity contribution is -0.123. The van der Waals surface area contributed by atoms with Gasteiger partial charge in [0.05, 0.1) is 6.04 Å². The van der Waals surface area contributed by atoms with Crippen molar-refractivity contribution in [1.29, 1.82) is 0 Å². The molecule has 0 spiro atoms. The summed E-state index contributed by atoms with van der Waals surface area (Å²) in [7, 11) is 0. The Hall–Kier alpha value is -0.260. The van der Waals surface area contributed by atoms with Crippen LogP contribution in [0.2, 0.25) is 0 Å². The molecule has 2 fully saturated rings. The zero-order valence-corrected chi connectivity index (χ0v) is 12.1. The van der Waals surface area contributed by atoms with E-state index in [1.807, 2.05) is 11.8 Å². The van der Waals surface area contributed by atoms with Crippen molar-refractivity contribution in [3.05, 3.63) is 0 Å². The minimum atomic E-state index is 0.00700. The highest BCUT2D eigenvalue weighted by Gasteiger charge is 2.22. The Morgan fingerprint density at radius 3 is 2.89 bits per heavy atom. The molecular weight excluding hydrogens is 246 g/mol. The van der Waals surface area contributed by atoms with E-state index in [1.165, 1.54) is 32.4 Å². The van der Waals surface area contributed by atoms with Gasteiger partial charge in [-0.15, -0.1) is 0 Å². The maximum atomic E-state index is 12.0. The number of nitrogens with zero attached hydrogens (tertiary/aromatic N) is 1. The number of hydrogen-bond donors (Lipinski definition) is 2. The molecule has 18 heavy (non-hydrogen) atoms. The van der Waals surface area contributed by atoms with Crippen LogP contribution in [0, 0.1) is 0 Å². The summed E-state index contributed by atoms with van der Waals surface area (Å²) in [5.74, 6) is 2.20. The maximum Gasteiger partial charge on any atom is 0.238 e. The van der Waals surface area contributed by atoms with E-state index in [0.29, 0.717) is 0 Å². The summed E-state index contributed by atoms with van der Waals surface area (Å²) < 4.78 is 0. The number of amides is 1. The summed E-state index contributed by atoms with van der Waals surface area (Å²) >= 11 is 1.86. The lowest BCUT2D eigenvalue weighted by Crippen LogP contribution is -2.53. The van der Waals surface area contributed by atoms with E-state index in [9.17, 15) is 4.79 Å². The molecule has 0 aromatic carbocycles. The highest BCUT2D eigenvalue weighted by molar-refractivity contribution is 7.99. The van der Waals surface area contributed by atoms with Gasteiger partial charge in [-0.05, 0) is 32.9 Å². The van der Waals surface area contributed by atoms with E-state index < -0.39 is 0 Å². The van der Waals surface area contributed by atoms with Crippen LogP contribution in [0.15, 0.2) is 0 Å². The Bertz CT molecular complexity index is 263. The summed E-state index contributed by atoms with van der Waals surface area (Å²) in [6.45, 7) is 6.44. The SMILES string of the molecule is CC(CN1CCCCC1)NC(=O)C1CSCCN1. The fraction of sp³-hybridized carbons (Fsp3) is 0.923. The average Bonchev–Trinajstić information content (AvgIpc) is 2.40. The first-order valence-electron chi connectivity index (χ1n) is 7.09. The summed E-state index contributed by atoms with van der Waals surface area (Å²) in [6, 6.07) is 0.261. The van der Waals surface area contributed by atoms with Crippen LogP contribution >= 0.6 is 11.8 Å². The van der Waals surface area contributed by atoms with Crippen molar-refractivity contribution in [2.45, 2.75) is 38.3 Å². The number of nitrogens with one attached hydrogen (secondary N) is 2. The number of carbonyl (C=O) groups excluding carboxylic acids is 1. The lowest BCUT2D eigenvalue weighted by Gasteiger charge is -2.30. The molecule has 1 amide bonds. The highest BCUT2D eigenvalue weighted by Crippen LogP contribution is 2.10. The molecule has 2 atom stereocenters. The quantitative estimate of drug-likeness (QED) is 0.789. The number of hydrogen-bond acceptors (Lipinski definition) is 4. The fourth-order valence-corrected chi connectivity index (χ4v) is 3.59. The number of piperidine rings is 1. The third-order valence-electron chi connectivity index (χ3n) is 3.61. The summed E-state index contributed by atoms with van der Waals surface area (Å²) in [5, 5.41) is 6.42. The van der Waals surface area contributed by atoms with Crippen LogP contribution in [0.1, 0.15) is 26.2 Å². The van der Waals surface area contributed by atoms with Gasteiger partial charge in [0.1, 0.15) is 0 Å². The second-order valence-corrected chi connectivity index (χ2v) is 6.50. The van der Waals surface area contributed by atoms with Crippen LogP contribution < -0.4 is 10.6 Å². The van der Waals surface area contributed by atoms with Crippen molar-refractivity contribution in [2.75, 3.05) is 37.7 Å². The molecule has 0 aromatic rings. The van der Waals surface area contributed by atoms with Crippen molar-refractivity contribution in [2.24, 2.45) is 0 Å².